The Balaban J connectivity index is 2.32. The first-order chi connectivity index (χ1) is 6.06. The van der Waals surface area contributed by atoms with Crippen LogP contribution >= 0.6 is 0 Å². The number of nitrogens with one attached hydrogen (secondary N) is 2. The Hall–Kier alpha value is -1.59. The standard InChI is InChI=1S/C7H8N2O4/c10-4-3-1-2-7(3,5(11)12)9-6(13)8-4/h3H,1-2H2,(H,11,12)(H2,8,9,10,13). The van der Waals surface area contributed by atoms with Gasteiger partial charge >= 0.3 is 12.0 Å². The largest absolute Gasteiger partial charge is 0.479 e. The minimum Gasteiger partial charge on any atom is -0.479 e. The lowest BCUT2D eigenvalue weighted by atomic mass is 9.65. The number of amides is 3. The van der Waals surface area contributed by atoms with Gasteiger partial charge in [-0.3, -0.25) is 10.1 Å². The van der Waals surface area contributed by atoms with E-state index >= 15 is 0 Å². The zero-order valence-electron chi connectivity index (χ0n) is 6.66. The average Bonchev–Trinajstić information content (AvgIpc) is 1.94. The summed E-state index contributed by atoms with van der Waals surface area (Å²) in [7, 11) is 0. The molecule has 1 saturated carbocycles. The molecule has 0 radical (unpaired) electrons. The number of carboxylic acids is 1. The Kier molecular flexibility index (Phi) is 1.37. The first-order valence-electron chi connectivity index (χ1n) is 3.93. The SMILES string of the molecule is O=C1NC(=O)C2CCC2(C(=O)O)N1. The van der Waals surface area contributed by atoms with Crippen LogP contribution in [0.1, 0.15) is 12.8 Å². The number of fused-ring (bicyclic) bond motifs is 1. The van der Waals surface area contributed by atoms with Crippen LogP contribution in [0.5, 0.6) is 0 Å². The number of hydrogen-bond donors (Lipinski definition) is 3. The highest BCUT2D eigenvalue weighted by Crippen LogP contribution is 2.40. The van der Waals surface area contributed by atoms with Crippen molar-refractivity contribution in [3.63, 3.8) is 0 Å². The molecule has 2 unspecified atom stereocenters. The van der Waals surface area contributed by atoms with Crippen molar-refractivity contribution >= 4 is 17.9 Å². The van der Waals surface area contributed by atoms with Crippen molar-refractivity contribution in [2.45, 2.75) is 18.4 Å². The number of urea groups is 1. The van der Waals surface area contributed by atoms with Crippen molar-refractivity contribution in [1.82, 2.24) is 10.6 Å². The molecule has 1 aliphatic carbocycles. The number of hydrogen-bond acceptors (Lipinski definition) is 3. The molecule has 13 heavy (non-hydrogen) atoms. The van der Waals surface area contributed by atoms with Crippen LogP contribution in [-0.2, 0) is 9.59 Å². The molecule has 6 nitrogen and oxygen atoms in total. The van der Waals surface area contributed by atoms with Crippen molar-refractivity contribution in [2.75, 3.05) is 0 Å². The van der Waals surface area contributed by atoms with Gasteiger partial charge in [0.05, 0.1) is 5.92 Å². The lowest BCUT2D eigenvalue weighted by molar-refractivity contribution is -0.159. The smallest absolute Gasteiger partial charge is 0.330 e. The highest BCUT2D eigenvalue weighted by atomic mass is 16.4. The second kappa shape index (κ2) is 2.21. The van der Waals surface area contributed by atoms with E-state index in [2.05, 4.69) is 5.32 Å². The molecular weight excluding hydrogens is 176 g/mol. The summed E-state index contributed by atoms with van der Waals surface area (Å²) in [4.78, 5) is 32.8. The Labute approximate surface area is 73.3 Å². The summed E-state index contributed by atoms with van der Waals surface area (Å²) in [6.45, 7) is 0. The minimum atomic E-state index is -1.33. The van der Waals surface area contributed by atoms with Gasteiger partial charge in [-0.1, -0.05) is 0 Å². The van der Waals surface area contributed by atoms with Gasteiger partial charge in [0.15, 0.2) is 5.54 Å². The summed E-state index contributed by atoms with van der Waals surface area (Å²) >= 11 is 0. The predicted octanol–water partition coefficient (Wildman–Crippen LogP) is -0.941. The summed E-state index contributed by atoms with van der Waals surface area (Å²) in [5.74, 6) is -2.23. The van der Waals surface area contributed by atoms with Crippen molar-refractivity contribution in [1.29, 1.82) is 0 Å². The van der Waals surface area contributed by atoms with Crippen molar-refractivity contribution in [3.8, 4) is 0 Å². The molecule has 1 heterocycles. The molecule has 2 fully saturated rings. The molecule has 1 saturated heterocycles. The van der Waals surface area contributed by atoms with E-state index in [0.717, 1.165) is 0 Å². The third-order valence-corrected chi connectivity index (χ3v) is 2.69. The fourth-order valence-corrected chi connectivity index (χ4v) is 1.82. The van der Waals surface area contributed by atoms with Crippen molar-refractivity contribution < 1.29 is 19.5 Å². The number of carbonyl (C=O) groups is 3. The van der Waals surface area contributed by atoms with E-state index in [1.54, 1.807) is 0 Å². The van der Waals surface area contributed by atoms with E-state index in [4.69, 9.17) is 5.11 Å². The Morgan fingerprint density at radius 2 is 2.23 bits per heavy atom. The van der Waals surface area contributed by atoms with Gasteiger partial charge in [-0.2, -0.15) is 0 Å². The van der Waals surface area contributed by atoms with E-state index in [9.17, 15) is 14.4 Å². The van der Waals surface area contributed by atoms with Crippen LogP contribution in [0.2, 0.25) is 0 Å². The molecule has 70 valence electrons. The number of carbonyl (C=O) groups excluding carboxylic acids is 2. The first-order valence-corrected chi connectivity index (χ1v) is 3.93. The zero-order chi connectivity index (χ0) is 9.64. The lowest BCUT2D eigenvalue weighted by Crippen LogP contribution is -2.74. The Bertz CT molecular complexity index is 314. The average molecular weight is 184 g/mol. The maximum atomic E-state index is 11.1. The Morgan fingerprint density at radius 3 is 2.69 bits per heavy atom. The maximum absolute atomic E-state index is 11.1. The van der Waals surface area contributed by atoms with Crippen LogP contribution < -0.4 is 10.6 Å². The molecule has 0 aromatic carbocycles. The number of carboxylic acid groups (broad SMARTS) is 1. The maximum Gasteiger partial charge on any atom is 0.330 e. The number of rotatable bonds is 1. The van der Waals surface area contributed by atoms with Crippen molar-refractivity contribution in [2.24, 2.45) is 5.92 Å². The zero-order valence-corrected chi connectivity index (χ0v) is 6.66. The van der Waals surface area contributed by atoms with Crippen LogP contribution in [0, 0.1) is 5.92 Å². The van der Waals surface area contributed by atoms with Crippen molar-refractivity contribution in [3.05, 3.63) is 0 Å². The van der Waals surface area contributed by atoms with Gasteiger partial charge in [0, 0.05) is 0 Å². The van der Waals surface area contributed by atoms with E-state index in [-0.39, 0.29) is 0 Å². The van der Waals surface area contributed by atoms with Gasteiger partial charge in [0.2, 0.25) is 5.91 Å². The summed E-state index contributed by atoms with van der Waals surface area (Å²) < 4.78 is 0. The molecule has 3 amide bonds. The summed E-state index contributed by atoms with van der Waals surface area (Å²) in [6, 6.07) is -0.719. The molecule has 0 spiro atoms. The van der Waals surface area contributed by atoms with Crippen LogP contribution in [0.4, 0.5) is 4.79 Å². The predicted molar refractivity (Wildman–Crippen MR) is 39.8 cm³/mol. The van der Waals surface area contributed by atoms with Gasteiger partial charge in [-0.25, -0.2) is 9.59 Å². The molecule has 3 N–H and O–H groups in total. The van der Waals surface area contributed by atoms with E-state index in [1.165, 1.54) is 0 Å². The van der Waals surface area contributed by atoms with Gasteiger partial charge in [-0.15, -0.1) is 0 Å². The highest BCUT2D eigenvalue weighted by molar-refractivity contribution is 6.05. The van der Waals surface area contributed by atoms with E-state index in [0.29, 0.717) is 12.8 Å². The Morgan fingerprint density at radius 1 is 1.54 bits per heavy atom. The topological polar surface area (TPSA) is 95.5 Å². The molecule has 0 aromatic rings. The summed E-state index contributed by atoms with van der Waals surface area (Å²) in [5.41, 5.74) is -1.33. The van der Waals surface area contributed by atoms with Crippen LogP contribution in [0.3, 0.4) is 0 Å². The van der Waals surface area contributed by atoms with E-state index in [1.807, 2.05) is 5.32 Å². The molecule has 2 aliphatic rings. The summed E-state index contributed by atoms with van der Waals surface area (Å²) in [5, 5.41) is 13.2. The molecule has 0 bridgehead atoms. The van der Waals surface area contributed by atoms with Crippen LogP contribution in [0.25, 0.3) is 0 Å². The second-order valence-electron chi connectivity index (χ2n) is 3.31. The quantitative estimate of drug-likeness (QED) is 0.490. The first kappa shape index (κ1) is 8.03. The molecule has 6 heteroatoms. The number of imide groups is 1. The van der Waals surface area contributed by atoms with Gasteiger partial charge in [0.25, 0.3) is 0 Å². The summed E-state index contributed by atoms with van der Waals surface area (Å²) in [6.07, 6.45) is 0.838. The van der Waals surface area contributed by atoms with Gasteiger partial charge in [-0.05, 0) is 12.8 Å². The fourth-order valence-electron chi connectivity index (χ4n) is 1.82. The lowest BCUT2D eigenvalue weighted by Gasteiger charge is -2.47. The fraction of sp³-hybridized carbons (Fsp3) is 0.571. The third kappa shape index (κ3) is 0.851. The van der Waals surface area contributed by atoms with Crippen LogP contribution in [-0.4, -0.2) is 28.6 Å². The second-order valence-corrected chi connectivity index (χ2v) is 3.31. The monoisotopic (exact) mass is 184 g/mol. The minimum absolute atomic E-state index is 0.326. The molecule has 2 rings (SSSR count). The van der Waals surface area contributed by atoms with E-state index < -0.39 is 29.4 Å². The van der Waals surface area contributed by atoms with Crippen LogP contribution in [0.15, 0.2) is 0 Å². The molecular formula is C7H8N2O4. The normalized spacial score (nSPS) is 36.8. The number of aliphatic carboxylic acids is 1. The molecule has 2 atom stereocenters. The molecule has 1 aliphatic heterocycles. The molecule has 0 aromatic heterocycles. The third-order valence-electron chi connectivity index (χ3n) is 2.69. The van der Waals surface area contributed by atoms with Gasteiger partial charge in [0.1, 0.15) is 0 Å². The van der Waals surface area contributed by atoms with Gasteiger partial charge < -0.3 is 10.4 Å². The highest BCUT2D eigenvalue weighted by Gasteiger charge is 2.60.